The molecule has 1 unspecified atom stereocenters. The SMILES string of the molecule is CC(N)Cc1cccc(OCc2cc(Cl)ccc2F)c1. The van der Waals surface area contributed by atoms with Crippen LogP contribution in [0.25, 0.3) is 0 Å². The first-order chi connectivity index (χ1) is 9.54. The van der Waals surface area contributed by atoms with E-state index in [1.54, 1.807) is 6.07 Å². The summed E-state index contributed by atoms with van der Waals surface area (Å²) >= 11 is 5.84. The van der Waals surface area contributed by atoms with Gasteiger partial charge in [0.2, 0.25) is 0 Å². The Morgan fingerprint density at radius 1 is 1.25 bits per heavy atom. The topological polar surface area (TPSA) is 35.2 Å². The zero-order valence-electron chi connectivity index (χ0n) is 11.3. The van der Waals surface area contributed by atoms with Crippen molar-refractivity contribution in [1.82, 2.24) is 0 Å². The largest absolute Gasteiger partial charge is 0.489 e. The van der Waals surface area contributed by atoms with Crippen molar-refractivity contribution < 1.29 is 9.13 Å². The molecule has 1 atom stereocenters. The molecule has 0 amide bonds. The van der Waals surface area contributed by atoms with Gasteiger partial charge in [-0.3, -0.25) is 0 Å². The van der Waals surface area contributed by atoms with E-state index in [1.165, 1.54) is 12.1 Å². The first-order valence-electron chi connectivity index (χ1n) is 6.46. The third-order valence-corrected chi connectivity index (χ3v) is 3.09. The summed E-state index contributed by atoms with van der Waals surface area (Å²) in [5, 5.41) is 0.496. The summed E-state index contributed by atoms with van der Waals surface area (Å²) < 4.78 is 19.2. The quantitative estimate of drug-likeness (QED) is 0.906. The normalized spacial score (nSPS) is 12.2. The highest BCUT2D eigenvalue weighted by atomic mass is 35.5. The van der Waals surface area contributed by atoms with Crippen molar-refractivity contribution in [3.05, 3.63) is 64.4 Å². The highest BCUT2D eigenvalue weighted by Crippen LogP contribution is 2.19. The third-order valence-electron chi connectivity index (χ3n) is 2.86. The van der Waals surface area contributed by atoms with Gasteiger partial charge in [-0.2, -0.15) is 0 Å². The molecule has 2 rings (SSSR count). The number of benzene rings is 2. The average Bonchev–Trinajstić information content (AvgIpc) is 2.39. The van der Waals surface area contributed by atoms with Crippen LogP contribution in [0.2, 0.25) is 5.02 Å². The van der Waals surface area contributed by atoms with Crippen LogP contribution < -0.4 is 10.5 Å². The monoisotopic (exact) mass is 293 g/mol. The Labute approximate surface area is 123 Å². The molecule has 106 valence electrons. The zero-order valence-corrected chi connectivity index (χ0v) is 12.0. The van der Waals surface area contributed by atoms with Gasteiger partial charge in [0.1, 0.15) is 18.2 Å². The Morgan fingerprint density at radius 3 is 2.80 bits per heavy atom. The number of ether oxygens (including phenoxy) is 1. The molecule has 0 bridgehead atoms. The molecule has 4 heteroatoms. The van der Waals surface area contributed by atoms with E-state index in [9.17, 15) is 4.39 Å². The molecule has 2 aromatic rings. The first kappa shape index (κ1) is 14.8. The molecular formula is C16H17ClFNO. The summed E-state index contributed by atoms with van der Waals surface area (Å²) in [7, 11) is 0. The molecule has 2 nitrogen and oxygen atoms in total. The minimum absolute atomic E-state index is 0.0932. The van der Waals surface area contributed by atoms with E-state index in [1.807, 2.05) is 31.2 Å². The van der Waals surface area contributed by atoms with E-state index < -0.39 is 0 Å². The summed E-state index contributed by atoms with van der Waals surface area (Å²) in [6, 6.07) is 12.2. The second-order valence-electron chi connectivity index (χ2n) is 4.85. The van der Waals surface area contributed by atoms with Crippen LogP contribution in [0.4, 0.5) is 4.39 Å². The van der Waals surface area contributed by atoms with Gasteiger partial charge < -0.3 is 10.5 Å². The maximum atomic E-state index is 13.6. The molecule has 0 spiro atoms. The molecule has 0 radical (unpaired) electrons. The van der Waals surface area contributed by atoms with Crippen molar-refractivity contribution in [2.45, 2.75) is 26.0 Å². The summed E-state index contributed by atoms with van der Waals surface area (Å²) in [4.78, 5) is 0. The van der Waals surface area contributed by atoms with Gasteiger partial charge in [0.05, 0.1) is 0 Å². The van der Waals surface area contributed by atoms with Gasteiger partial charge in [-0.25, -0.2) is 4.39 Å². The molecule has 20 heavy (non-hydrogen) atoms. The lowest BCUT2D eigenvalue weighted by Gasteiger charge is -2.10. The number of nitrogens with two attached hydrogens (primary N) is 1. The van der Waals surface area contributed by atoms with Crippen LogP contribution in [-0.2, 0) is 13.0 Å². The summed E-state index contributed by atoms with van der Waals surface area (Å²) in [5.74, 6) is 0.378. The van der Waals surface area contributed by atoms with E-state index in [2.05, 4.69) is 0 Å². The average molecular weight is 294 g/mol. The minimum atomic E-state index is -0.318. The van der Waals surface area contributed by atoms with Crippen LogP contribution >= 0.6 is 11.6 Å². The summed E-state index contributed by atoms with van der Waals surface area (Å²) in [5.41, 5.74) is 7.31. The fraction of sp³-hybridized carbons (Fsp3) is 0.250. The first-order valence-corrected chi connectivity index (χ1v) is 6.83. The molecular weight excluding hydrogens is 277 g/mol. The minimum Gasteiger partial charge on any atom is -0.489 e. The number of halogens is 2. The highest BCUT2D eigenvalue weighted by Gasteiger charge is 2.05. The van der Waals surface area contributed by atoms with Crippen LogP contribution in [0.15, 0.2) is 42.5 Å². The van der Waals surface area contributed by atoms with Gasteiger partial charge in [0, 0.05) is 16.6 Å². The van der Waals surface area contributed by atoms with Gasteiger partial charge in [0.25, 0.3) is 0 Å². The number of rotatable bonds is 5. The predicted octanol–water partition coefficient (Wildman–Crippen LogP) is 3.95. The van der Waals surface area contributed by atoms with Gasteiger partial charge in [-0.05, 0) is 49.2 Å². The molecule has 0 saturated heterocycles. The van der Waals surface area contributed by atoms with Gasteiger partial charge in [-0.1, -0.05) is 23.7 Å². The maximum absolute atomic E-state index is 13.6. The second kappa shape index (κ2) is 6.73. The van der Waals surface area contributed by atoms with Crippen LogP contribution in [0.3, 0.4) is 0 Å². The highest BCUT2D eigenvalue weighted by molar-refractivity contribution is 6.30. The summed E-state index contributed by atoms with van der Waals surface area (Å²) in [6.07, 6.45) is 0.780. The van der Waals surface area contributed by atoms with Gasteiger partial charge in [0.15, 0.2) is 0 Å². The molecule has 0 heterocycles. The molecule has 0 aliphatic heterocycles. The lowest BCUT2D eigenvalue weighted by molar-refractivity contribution is 0.299. The fourth-order valence-electron chi connectivity index (χ4n) is 1.95. The molecule has 0 saturated carbocycles. The van der Waals surface area contributed by atoms with Crippen molar-refractivity contribution >= 4 is 11.6 Å². The van der Waals surface area contributed by atoms with E-state index in [0.717, 1.165) is 12.0 Å². The van der Waals surface area contributed by atoms with E-state index in [-0.39, 0.29) is 18.5 Å². The van der Waals surface area contributed by atoms with Crippen molar-refractivity contribution in [3.8, 4) is 5.75 Å². The zero-order chi connectivity index (χ0) is 14.5. The van der Waals surface area contributed by atoms with Crippen LogP contribution in [-0.4, -0.2) is 6.04 Å². The standard InChI is InChI=1S/C16H17ClFNO/c1-11(19)7-12-3-2-4-15(8-12)20-10-13-9-14(17)5-6-16(13)18/h2-6,8-9,11H,7,10,19H2,1H3. The van der Waals surface area contributed by atoms with Crippen LogP contribution in [0.5, 0.6) is 5.75 Å². The van der Waals surface area contributed by atoms with Gasteiger partial charge in [-0.15, -0.1) is 0 Å². The van der Waals surface area contributed by atoms with Crippen LogP contribution in [0.1, 0.15) is 18.1 Å². The molecule has 0 fully saturated rings. The second-order valence-corrected chi connectivity index (χ2v) is 5.29. The Kier molecular flexibility index (Phi) is 4.99. The van der Waals surface area contributed by atoms with E-state index in [0.29, 0.717) is 16.3 Å². The number of hydrogen-bond acceptors (Lipinski definition) is 2. The van der Waals surface area contributed by atoms with Crippen molar-refractivity contribution in [2.75, 3.05) is 0 Å². The predicted molar refractivity (Wildman–Crippen MR) is 79.5 cm³/mol. The summed E-state index contributed by atoms with van der Waals surface area (Å²) in [6.45, 7) is 2.10. The van der Waals surface area contributed by atoms with Gasteiger partial charge >= 0.3 is 0 Å². The lowest BCUT2D eigenvalue weighted by Crippen LogP contribution is -2.17. The Balaban J connectivity index is 2.05. The van der Waals surface area contributed by atoms with Crippen molar-refractivity contribution in [1.29, 1.82) is 0 Å². The lowest BCUT2D eigenvalue weighted by atomic mass is 10.1. The Hall–Kier alpha value is -1.58. The third kappa shape index (κ3) is 4.22. The molecule has 0 aliphatic carbocycles. The fourth-order valence-corrected chi connectivity index (χ4v) is 2.14. The van der Waals surface area contributed by atoms with Crippen LogP contribution in [0, 0.1) is 5.82 Å². The Morgan fingerprint density at radius 2 is 2.05 bits per heavy atom. The smallest absolute Gasteiger partial charge is 0.129 e. The maximum Gasteiger partial charge on any atom is 0.129 e. The Bertz CT molecular complexity index is 586. The van der Waals surface area contributed by atoms with E-state index in [4.69, 9.17) is 22.1 Å². The molecule has 0 aromatic heterocycles. The molecule has 2 aromatic carbocycles. The molecule has 2 N–H and O–H groups in total. The number of hydrogen-bond donors (Lipinski definition) is 1. The van der Waals surface area contributed by atoms with Crippen molar-refractivity contribution in [3.63, 3.8) is 0 Å². The van der Waals surface area contributed by atoms with Crippen molar-refractivity contribution in [2.24, 2.45) is 5.73 Å². The molecule has 0 aliphatic rings. The van der Waals surface area contributed by atoms with E-state index >= 15 is 0 Å².